The molecule has 27 heavy (non-hydrogen) atoms. The summed E-state index contributed by atoms with van der Waals surface area (Å²) in [7, 11) is 1.45. The van der Waals surface area contributed by atoms with Gasteiger partial charge in [-0.15, -0.1) is 0 Å². The van der Waals surface area contributed by atoms with E-state index in [1.165, 1.54) is 7.11 Å². The van der Waals surface area contributed by atoms with E-state index in [9.17, 15) is 14.9 Å². The van der Waals surface area contributed by atoms with E-state index in [4.69, 9.17) is 14.6 Å². The van der Waals surface area contributed by atoms with Gasteiger partial charge in [0.25, 0.3) is 0 Å². The van der Waals surface area contributed by atoms with Crippen LogP contribution in [0.1, 0.15) is 17.4 Å². The van der Waals surface area contributed by atoms with E-state index in [1.807, 2.05) is 0 Å². The van der Waals surface area contributed by atoms with Crippen LogP contribution in [-0.4, -0.2) is 52.8 Å². The Morgan fingerprint density at radius 2 is 2.07 bits per heavy atom. The molecule has 11 heteroatoms. The van der Waals surface area contributed by atoms with E-state index in [1.54, 1.807) is 31.2 Å². The van der Waals surface area contributed by atoms with Gasteiger partial charge in [0.2, 0.25) is 17.5 Å². The zero-order chi connectivity index (χ0) is 19.8. The van der Waals surface area contributed by atoms with Gasteiger partial charge in [0.1, 0.15) is 5.75 Å². The smallest absolute Gasteiger partial charge is 0.364 e. The lowest BCUT2D eigenvalue weighted by Gasteiger charge is -2.13. The minimum Gasteiger partial charge on any atom is -0.495 e. The van der Waals surface area contributed by atoms with E-state index >= 15 is 0 Å². The molecule has 0 atom stereocenters. The second-order valence-corrected chi connectivity index (χ2v) is 5.05. The number of esters is 1. The number of nitrogens with zero attached hydrogens (tertiary/aromatic N) is 3. The summed E-state index contributed by atoms with van der Waals surface area (Å²) in [5.74, 6) is -0.826. The number of rotatable bonds is 9. The normalized spacial score (nSPS) is 10.2. The highest BCUT2D eigenvalue weighted by Crippen LogP contribution is 2.33. The van der Waals surface area contributed by atoms with Gasteiger partial charge in [-0.3, -0.25) is 10.1 Å². The molecule has 0 aliphatic carbocycles. The molecule has 0 aliphatic rings. The molecule has 0 spiro atoms. The zero-order valence-electron chi connectivity index (χ0n) is 14.8. The molecular weight excluding hydrogens is 358 g/mol. The standard InChI is InChI=1S/C16H19N5O6/c1-3-27-15(23)12-13(21(24)25)14(20-16(19-12)17-8-9-22)18-10-6-4-5-7-11(10)26-2/h4-7,22H,3,8-9H2,1-2H3,(H2,17,18,19,20). The van der Waals surface area contributed by atoms with Gasteiger partial charge >= 0.3 is 11.7 Å². The SMILES string of the molecule is CCOC(=O)c1nc(NCCO)nc(Nc2ccccc2OC)c1[N+](=O)[O-]. The van der Waals surface area contributed by atoms with Crippen molar-refractivity contribution in [2.75, 3.05) is 37.5 Å². The van der Waals surface area contributed by atoms with E-state index in [0.717, 1.165) is 0 Å². The molecule has 0 saturated heterocycles. The lowest BCUT2D eigenvalue weighted by molar-refractivity contribution is -0.384. The largest absolute Gasteiger partial charge is 0.495 e. The molecule has 0 aliphatic heterocycles. The van der Waals surface area contributed by atoms with Crippen molar-refractivity contribution in [1.29, 1.82) is 0 Å². The molecule has 1 heterocycles. The van der Waals surface area contributed by atoms with Crippen LogP contribution in [0.3, 0.4) is 0 Å². The molecule has 3 N–H and O–H groups in total. The number of methoxy groups -OCH3 is 1. The molecular formula is C16H19N5O6. The minimum absolute atomic E-state index is 0.0225. The van der Waals surface area contributed by atoms with Gasteiger partial charge in [-0.25, -0.2) is 4.79 Å². The van der Waals surface area contributed by atoms with Gasteiger partial charge in [-0.1, -0.05) is 12.1 Å². The Morgan fingerprint density at radius 3 is 2.70 bits per heavy atom. The fraction of sp³-hybridized carbons (Fsp3) is 0.312. The van der Waals surface area contributed by atoms with Crippen molar-refractivity contribution in [1.82, 2.24) is 9.97 Å². The summed E-state index contributed by atoms with van der Waals surface area (Å²) < 4.78 is 10.1. The molecule has 0 radical (unpaired) electrons. The highest BCUT2D eigenvalue weighted by molar-refractivity contribution is 5.95. The predicted octanol–water partition coefficient (Wildman–Crippen LogP) is 1.72. The summed E-state index contributed by atoms with van der Waals surface area (Å²) in [6.07, 6.45) is 0. The van der Waals surface area contributed by atoms with Crippen molar-refractivity contribution < 1.29 is 24.3 Å². The highest BCUT2D eigenvalue weighted by Gasteiger charge is 2.31. The lowest BCUT2D eigenvalue weighted by Crippen LogP contribution is -2.17. The number of carbonyl (C=O) groups excluding carboxylic acids is 1. The van der Waals surface area contributed by atoms with Crippen LogP contribution in [0.5, 0.6) is 5.75 Å². The van der Waals surface area contributed by atoms with E-state index in [2.05, 4.69) is 20.6 Å². The molecule has 0 unspecified atom stereocenters. The molecule has 11 nitrogen and oxygen atoms in total. The van der Waals surface area contributed by atoms with Crippen LogP contribution in [0.2, 0.25) is 0 Å². The molecule has 1 aromatic carbocycles. The molecule has 0 fully saturated rings. The summed E-state index contributed by atoms with van der Waals surface area (Å²) in [4.78, 5) is 31.0. The van der Waals surface area contributed by atoms with E-state index < -0.39 is 22.3 Å². The number of hydrogen-bond acceptors (Lipinski definition) is 10. The van der Waals surface area contributed by atoms with Crippen molar-refractivity contribution in [2.45, 2.75) is 6.92 Å². The molecule has 0 saturated carbocycles. The van der Waals surface area contributed by atoms with Crippen molar-refractivity contribution in [2.24, 2.45) is 0 Å². The Balaban J connectivity index is 2.59. The third-order valence-corrected chi connectivity index (χ3v) is 3.29. The maximum atomic E-state index is 12.2. The third kappa shape index (κ3) is 4.79. The number of aliphatic hydroxyl groups excluding tert-OH is 1. The highest BCUT2D eigenvalue weighted by atomic mass is 16.6. The van der Waals surface area contributed by atoms with Crippen molar-refractivity contribution in [3.05, 3.63) is 40.1 Å². The van der Waals surface area contributed by atoms with Gasteiger partial charge in [-0.05, 0) is 19.1 Å². The molecule has 0 amide bonds. The summed E-state index contributed by atoms with van der Waals surface area (Å²) >= 11 is 0. The second kappa shape index (κ2) is 9.29. The van der Waals surface area contributed by atoms with Gasteiger partial charge in [0.15, 0.2) is 0 Å². The van der Waals surface area contributed by atoms with Crippen LogP contribution in [0.25, 0.3) is 0 Å². The topological polar surface area (TPSA) is 149 Å². The quantitative estimate of drug-likeness (QED) is 0.335. The molecule has 2 aromatic rings. The summed E-state index contributed by atoms with van der Waals surface area (Å²) in [6, 6.07) is 6.73. The first-order valence-electron chi connectivity index (χ1n) is 8.00. The van der Waals surface area contributed by atoms with Crippen molar-refractivity contribution in [3.63, 3.8) is 0 Å². The molecule has 144 valence electrons. The van der Waals surface area contributed by atoms with Gasteiger partial charge in [0.05, 0.1) is 30.9 Å². The molecule has 2 rings (SSSR count). The summed E-state index contributed by atoms with van der Waals surface area (Å²) in [5.41, 5.74) is -0.728. The summed E-state index contributed by atoms with van der Waals surface area (Å²) in [5, 5.41) is 26.0. The van der Waals surface area contributed by atoms with Gasteiger partial charge in [-0.2, -0.15) is 9.97 Å². The number of benzene rings is 1. The number of nitro groups is 1. The van der Waals surface area contributed by atoms with Crippen molar-refractivity contribution >= 4 is 29.1 Å². The fourth-order valence-electron chi connectivity index (χ4n) is 2.18. The maximum Gasteiger partial charge on any atom is 0.364 e. The number of hydrogen-bond donors (Lipinski definition) is 3. The lowest BCUT2D eigenvalue weighted by atomic mass is 10.2. The molecule has 0 bridgehead atoms. The van der Waals surface area contributed by atoms with Crippen LogP contribution in [0.4, 0.5) is 23.1 Å². The number of para-hydroxylation sites is 2. The monoisotopic (exact) mass is 377 g/mol. The number of ether oxygens (including phenoxy) is 2. The Morgan fingerprint density at radius 1 is 1.33 bits per heavy atom. The van der Waals surface area contributed by atoms with E-state index in [0.29, 0.717) is 11.4 Å². The average molecular weight is 377 g/mol. The molecule has 1 aromatic heterocycles. The Kier molecular flexibility index (Phi) is 6.83. The first-order chi connectivity index (χ1) is 13.0. The van der Waals surface area contributed by atoms with Crippen molar-refractivity contribution in [3.8, 4) is 5.75 Å². The van der Waals surface area contributed by atoms with Crippen LogP contribution in [-0.2, 0) is 4.74 Å². The Bertz CT molecular complexity index is 829. The maximum absolute atomic E-state index is 12.2. The fourth-order valence-corrected chi connectivity index (χ4v) is 2.18. The summed E-state index contributed by atoms with van der Waals surface area (Å²) in [6.45, 7) is 1.47. The number of nitrogens with one attached hydrogen (secondary N) is 2. The Labute approximate surface area is 154 Å². The van der Waals surface area contributed by atoms with E-state index in [-0.39, 0.29) is 31.5 Å². The van der Waals surface area contributed by atoms with Gasteiger partial charge in [0, 0.05) is 6.54 Å². The minimum atomic E-state index is -0.957. The predicted molar refractivity (Wildman–Crippen MR) is 96.5 cm³/mol. The first kappa shape index (κ1) is 19.8. The number of aromatic nitrogens is 2. The Hall–Kier alpha value is -3.47. The zero-order valence-corrected chi connectivity index (χ0v) is 14.8. The first-order valence-corrected chi connectivity index (χ1v) is 8.00. The second-order valence-electron chi connectivity index (χ2n) is 5.05. The van der Waals surface area contributed by atoms with Gasteiger partial charge < -0.3 is 25.2 Å². The van der Waals surface area contributed by atoms with Crippen LogP contribution in [0, 0.1) is 10.1 Å². The number of carbonyl (C=O) groups is 1. The number of anilines is 3. The third-order valence-electron chi connectivity index (χ3n) is 3.29. The van der Waals surface area contributed by atoms with Crippen LogP contribution >= 0.6 is 0 Å². The number of aliphatic hydroxyl groups is 1. The van der Waals surface area contributed by atoms with Crippen LogP contribution in [0.15, 0.2) is 24.3 Å². The van der Waals surface area contributed by atoms with Crippen LogP contribution < -0.4 is 15.4 Å². The average Bonchev–Trinajstić information content (AvgIpc) is 2.66.